The summed E-state index contributed by atoms with van der Waals surface area (Å²) in [5.41, 5.74) is 1.62. The minimum atomic E-state index is -3.69. The molecule has 33 heavy (non-hydrogen) atoms. The van der Waals surface area contributed by atoms with Crippen LogP contribution in [0.15, 0.2) is 53.0 Å². The molecule has 2 aliphatic rings. The van der Waals surface area contributed by atoms with Crippen LogP contribution in [0.5, 0.6) is 11.5 Å². The van der Waals surface area contributed by atoms with Crippen LogP contribution in [-0.4, -0.2) is 72.9 Å². The highest BCUT2D eigenvalue weighted by atomic mass is 32.2. The van der Waals surface area contributed by atoms with Crippen LogP contribution >= 0.6 is 11.3 Å². The molecule has 172 valence electrons. The summed E-state index contributed by atoms with van der Waals surface area (Å²) < 4.78 is 38.6. The van der Waals surface area contributed by atoms with E-state index in [0.29, 0.717) is 43.5 Å². The third kappa shape index (κ3) is 4.56. The van der Waals surface area contributed by atoms with Crippen LogP contribution in [0.4, 0.5) is 0 Å². The molecule has 2 aliphatic heterocycles. The van der Waals surface area contributed by atoms with Crippen molar-refractivity contribution in [2.45, 2.75) is 11.3 Å². The molecule has 0 aliphatic carbocycles. The Hall–Kier alpha value is -3.02. The molecule has 2 aromatic heterocycles. The van der Waals surface area contributed by atoms with Gasteiger partial charge in [-0.2, -0.15) is 4.31 Å². The van der Waals surface area contributed by atoms with Crippen LogP contribution < -0.4 is 9.47 Å². The summed E-state index contributed by atoms with van der Waals surface area (Å²) >= 11 is 1.47. The van der Waals surface area contributed by atoms with Gasteiger partial charge in [0, 0.05) is 55.6 Å². The van der Waals surface area contributed by atoms with Gasteiger partial charge in [0.2, 0.25) is 15.9 Å². The van der Waals surface area contributed by atoms with Gasteiger partial charge in [-0.25, -0.2) is 13.4 Å². The number of piperazine rings is 1. The van der Waals surface area contributed by atoms with E-state index in [-0.39, 0.29) is 30.3 Å². The van der Waals surface area contributed by atoms with Crippen molar-refractivity contribution in [1.29, 1.82) is 0 Å². The third-order valence-corrected chi connectivity index (χ3v) is 8.37. The standard InChI is InChI=1S/C22H22N4O5S2/c27-21(12-17-15-32-22(24-17)16-2-1-5-23-14-16)25-6-8-26(9-7-25)33(28,29)18-3-4-19-20(13-18)31-11-10-30-19/h1-5,13-15H,6-12H2. The number of fused-ring (bicyclic) bond motifs is 1. The molecule has 0 unspecified atom stereocenters. The van der Waals surface area contributed by atoms with Gasteiger partial charge in [-0.05, 0) is 24.3 Å². The van der Waals surface area contributed by atoms with Gasteiger partial charge >= 0.3 is 0 Å². The fourth-order valence-corrected chi connectivity index (χ4v) is 6.04. The number of thiazole rings is 1. The number of carbonyl (C=O) groups is 1. The van der Waals surface area contributed by atoms with Gasteiger partial charge in [-0.3, -0.25) is 9.78 Å². The van der Waals surface area contributed by atoms with Crippen molar-refractivity contribution in [2.75, 3.05) is 39.4 Å². The zero-order valence-corrected chi connectivity index (χ0v) is 19.3. The minimum Gasteiger partial charge on any atom is -0.486 e. The quantitative estimate of drug-likeness (QED) is 0.544. The van der Waals surface area contributed by atoms with Crippen LogP contribution in [0.1, 0.15) is 5.69 Å². The Morgan fingerprint density at radius 1 is 1.06 bits per heavy atom. The van der Waals surface area contributed by atoms with Crippen molar-refractivity contribution in [3.63, 3.8) is 0 Å². The maximum atomic E-state index is 13.1. The van der Waals surface area contributed by atoms with Gasteiger partial charge < -0.3 is 14.4 Å². The fourth-order valence-electron chi connectivity index (χ4n) is 3.79. The summed E-state index contributed by atoms with van der Waals surface area (Å²) in [4.78, 5) is 23.3. The number of nitrogens with zero attached hydrogens (tertiary/aromatic N) is 4. The molecule has 11 heteroatoms. The van der Waals surface area contributed by atoms with E-state index in [1.807, 2.05) is 17.5 Å². The summed E-state index contributed by atoms with van der Waals surface area (Å²) in [5, 5.41) is 2.70. The molecule has 0 atom stereocenters. The molecule has 9 nitrogen and oxygen atoms in total. The maximum Gasteiger partial charge on any atom is 0.243 e. The van der Waals surface area contributed by atoms with Crippen LogP contribution in [0.25, 0.3) is 10.6 Å². The molecule has 4 heterocycles. The van der Waals surface area contributed by atoms with Crippen molar-refractivity contribution in [3.8, 4) is 22.1 Å². The van der Waals surface area contributed by atoms with E-state index in [4.69, 9.17) is 9.47 Å². The second-order valence-corrected chi connectivity index (χ2v) is 10.4. The van der Waals surface area contributed by atoms with Crippen LogP contribution in [0.2, 0.25) is 0 Å². The van der Waals surface area contributed by atoms with Gasteiger partial charge in [-0.15, -0.1) is 11.3 Å². The Morgan fingerprint density at radius 2 is 1.85 bits per heavy atom. The Bertz CT molecular complexity index is 1250. The Labute approximate surface area is 195 Å². The normalized spacial score (nSPS) is 16.5. The molecule has 0 saturated carbocycles. The molecule has 0 bridgehead atoms. The summed E-state index contributed by atoms with van der Waals surface area (Å²) in [6.07, 6.45) is 3.63. The molecule has 0 N–H and O–H groups in total. The Kier molecular flexibility index (Phi) is 6.00. The molecule has 0 radical (unpaired) electrons. The number of rotatable bonds is 5. The Balaban J connectivity index is 1.20. The number of sulfonamides is 1. The lowest BCUT2D eigenvalue weighted by Gasteiger charge is -2.34. The van der Waals surface area contributed by atoms with Crippen molar-refractivity contribution in [1.82, 2.24) is 19.2 Å². The van der Waals surface area contributed by atoms with Crippen molar-refractivity contribution in [3.05, 3.63) is 53.8 Å². The summed E-state index contributed by atoms with van der Waals surface area (Å²) in [5.74, 6) is 0.920. The van der Waals surface area contributed by atoms with E-state index in [9.17, 15) is 13.2 Å². The third-order valence-electron chi connectivity index (χ3n) is 5.54. The zero-order chi connectivity index (χ0) is 22.8. The molecular weight excluding hydrogens is 464 g/mol. The summed E-state index contributed by atoms with van der Waals surface area (Å²) in [7, 11) is -3.69. The summed E-state index contributed by atoms with van der Waals surface area (Å²) in [6.45, 7) is 1.98. The zero-order valence-electron chi connectivity index (χ0n) is 17.7. The predicted octanol–water partition coefficient (Wildman–Crippen LogP) is 2.05. The number of ether oxygens (including phenoxy) is 2. The van der Waals surface area contributed by atoms with Crippen LogP contribution in [-0.2, 0) is 21.2 Å². The van der Waals surface area contributed by atoms with Gasteiger partial charge in [0.1, 0.15) is 18.2 Å². The number of benzene rings is 1. The predicted molar refractivity (Wildman–Crippen MR) is 122 cm³/mol. The second-order valence-electron chi connectivity index (χ2n) is 7.65. The largest absolute Gasteiger partial charge is 0.486 e. The number of pyridine rings is 1. The lowest BCUT2D eigenvalue weighted by molar-refractivity contribution is -0.131. The maximum absolute atomic E-state index is 13.1. The molecule has 1 amide bonds. The van der Waals surface area contributed by atoms with Gasteiger partial charge in [-0.1, -0.05) is 0 Å². The highest BCUT2D eigenvalue weighted by Crippen LogP contribution is 2.33. The number of hydrogen-bond donors (Lipinski definition) is 0. The van der Waals surface area contributed by atoms with Gasteiger partial charge in [0.15, 0.2) is 11.5 Å². The first-order chi connectivity index (χ1) is 16.0. The highest BCUT2D eigenvalue weighted by molar-refractivity contribution is 7.89. The minimum absolute atomic E-state index is 0.0607. The van der Waals surface area contributed by atoms with Gasteiger partial charge in [0.05, 0.1) is 17.0 Å². The van der Waals surface area contributed by atoms with Crippen molar-refractivity contribution < 1.29 is 22.7 Å². The number of aromatic nitrogens is 2. The lowest BCUT2D eigenvalue weighted by atomic mass is 10.2. The van der Waals surface area contributed by atoms with Gasteiger partial charge in [0.25, 0.3) is 0 Å². The Morgan fingerprint density at radius 3 is 2.61 bits per heavy atom. The van der Waals surface area contributed by atoms with E-state index in [2.05, 4.69) is 9.97 Å². The van der Waals surface area contributed by atoms with E-state index < -0.39 is 10.0 Å². The number of amides is 1. The fraction of sp³-hybridized carbons (Fsp3) is 0.318. The highest BCUT2D eigenvalue weighted by Gasteiger charge is 2.31. The SMILES string of the molecule is O=C(Cc1csc(-c2cccnc2)n1)N1CCN(S(=O)(=O)c2ccc3c(c2)OCCO3)CC1. The number of hydrogen-bond acceptors (Lipinski definition) is 8. The molecule has 3 aromatic rings. The second kappa shape index (κ2) is 9.08. The molecule has 1 aromatic carbocycles. The molecule has 1 fully saturated rings. The number of carbonyl (C=O) groups excluding carboxylic acids is 1. The average molecular weight is 487 g/mol. The molecule has 0 spiro atoms. The van der Waals surface area contributed by atoms with Crippen LogP contribution in [0.3, 0.4) is 0 Å². The molecule has 5 rings (SSSR count). The van der Waals surface area contributed by atoms with E-state index in [0.717, 1.165) is 10.6 Å². The summed E-state index contributed by atoms with van der Waals surface area (Å²) in [6, 6.07) is 8.43. The molecule has 1 saturated heterocycles. The average Bonchev–Trinajstić information content (AvgIpc) is 3.33. The first kappa shape index (κ1) is 21.8. The molecular formula is C22H22N4O5S2. The smallest absolute Gasteiger partial charge is 0.243 e. The first-order valence-corrected chi connectivity index (χ1v) is 12.8. The monoisotopic (exact) mass is 486 g/mol. The van der Waals surface area contributed by atoms with Crippen molar-refractivity contribution in [2.24, 2.45) is 0 Å². The first-order valence-electron chi connectivity index (χ1n) is 10.5. The lowest BCUT2D eigenvalue weighted by Crippen LogP contribution is -2.50. The van der Waals surface area contributed by atoms with E-state index >= 15 is 0 Å². The van der Waals surface area contributed by atoms with E-state index in [1.165, 1.54) is 27.8 Å². The van der Waals surface area contributed by atoms with Crippen molar-refractivity contribution >= 4 is 27.3 Å². The van der Waals surface area contributed by atoms with E-state index in [1.54, 1.807) is 23.4 Å². The topological polar surface area (TPSA) is 102 Å². The van der Waals surface area contributed by atoms with Crippen LogP contribution in [0, 0.1) is 0 Å².